The minimum Gasteiger partial charge on any atom is -0.427 e. The average Bonchev–Trinajstić information content (AvgIpc) is 2.68. The van der Waals surface area contributed by atoms with Crippen molar-refractivity contribution in [3.8, 4) is 16.9 Å². The fraction of sp³-hybridized carbons (Fsp3) is 0.0500. The lowest BCUT2D eigenvalue weighted by Crippen LogP contribution is -2.12. The van der Waals surface area contributed by atoms with Crippen LogP contribution in [0.4, 0.5) is 11.5 Å². The first-order valence-corrected chi connectivity index (χ1v) is 8.23. The molecular weight excluding hydrogens is 362 g/mol. The average molecular weight is 377 g/mol. The van der Waals surface area contributed by atoms with E-state index in [-0.39, 0.29) is 11.5 Å². The monoisotopic (exact) mass is 377 g/mol. The van der Waals surface area contributed by atoms with Crippen molar-refractivity contribution >= 4 is 23.4 Å². The number of nitro groups is 1. The van der Waals surface area contributed by atoms with Gasteiger partial charge >= 0.3 is 11.8 Å². The molecule has 0 spiro atoms. The van der Waals surface area contributed by atoms with E-state index >= 15 is 0 Å². The Morgan fingerprint density at radius 2 is 1.79 bits per heavy atom. The molecule has 1 N–H and O–H groups in total. The summed E-state index contributed by atoms with van der Waals surface area (Å²) < 4.78 is 5.00. The second-order valence-electron chi connectivity index (χ2n) is 5.81. The molecule has 0 fully saturated rings. The summed E-state index contributed by atoms with van der Waals surface area (Å²) in [6.45, 7) is 1.33. The number of nitrogens with zero attached hydrogens (tertiary/aromatic N) is 2. The first kappa shape index (κ1) is 18.7. The van der Waals surface area contributed by atoms with E-state index in [1.165, 1.54) is 25.3 Å². The van der Waals surface area contributed by atoms with Crippen molar-refractivity contribution in [2.75, 3.05) is 5.32 Å². The van der Waals surface area contributed by atoms with Gasteiger partial charge in [-0.1, -0.05) is 24.3 Å². The standard InChI is InChI=1S/C20H15N3O5/c1-13(24)28-18-7-5-14(6-8-18)15-3-2-4-16(11-15)20(25)22-17-9-10-21-19(12-17)23(26)27/h2-12H,1H3,(H,21,22,25). The Bertz CT molecular complexity index is 1050. The number of hydrogen-bond donors (Lipinski definition) is 1. The molecule has 0 saturated heterocycles. The highest BCUT2D eigenvalue weighted by atomic mass is 16.6. The molecule has 2 aromatic carbocycles. The zero-order valence-corrected chi connectivity index (χ0v) is 14.8. The van der Waals surface area contributed by atoms with Crippen molar-refractivity contribution in [2.45, 2.75) is 6.92 Å². The van der Waals surface area contributed by atoms with Gasteiger partial charge in [-0.3, -0.25) is 9.59 Å². The van der Waals surface area contributed by atoms with Gasteiger partial charge in [0.15, 0.2) is 0 Å². The molecule has 8 heteroatoms. The number of nitrogens with one attached hydrogen (secondary N) is 1. The van der Waals surface area contributed by atoms with Crippen molar-refractivity contribution < 1.29 is 19.2 Å². The van der Waals surface area contributed by atoms with E-state index < -0.39 is 16.8 Å². The number of anilines is 1. The Labute approximate surface area is 159 Å². The minimum absolute atomic E-state index is 0.280. The summed E-state index contributed by atoms with van der Waals surface area (Å²) in [5, 5.41) is 13.4. The molecule has 3 rings (SSSR count). The van der Waals surface area contributed by atoms with Gasteiger partial charge in [0.25, 0.3) is 5.91 Å². The highest BCUT2D eigenvalue weighted by molar-refractivity contribution is 6.05. The summed E-state index contributed by atoms with van der Waals surface area (Å²) in [5.41, 5.74) is 2.30. The van der Waals surface area contributed by atoms with Crippen LogP contribution in [0.15, 0.2) is 66.9 Å². The van der Waals surface area contributed by atoms with Crippen molar-refractivity contribution in [1.82, 2.24) is 4.98 Å². The van der Waals surface area contributed by atoms with Gasteiger partial charge in [0.2, 0.25) is 0 Å². The quantitative estimate of drug-likeness (QED) is 0.313. The third-order valence-electron chi connectivity index (χ3n) is 3.76. The van der Waals surface area contributed by atoms with Crippen molar-refractivity contribution in [1.29, 1.82) is 0 Å². The molecule has 0 aliphatic rings. The summed E-state index contributed by atoms with van der Waals surface area (Å²) in [5.74, 6) is -0.717. The molecule has 3 aromatic rings. The van der Waals surface area contributed by atoms with Crippen LogP contribution in [0.5, 0.6) is 5.75 Å². The SMILES string of the molecule is CC(=O)Oc1ccc(-c2cccc(C(=O)Nc3ccnc([N+](=O)[O-])c3)c2)cc1. The van der Waals surface area contributed by atoms with E-state index in [9.17, 15) is 19.7 Å². The molecule has 28 heavy (non-hydrogen) atoms. The lowest BCUT2D eigenvalue weighted by Gasteiger charge is -2.08. The Balaban J connectivity index is 1.79. The molecule has 140 valence electrons. The van der Waals surface area contributed by atoms with Gasteiger partial charge in [0, 0.05) is 18.6 Å². The number of hydrogen-bond acceptors (Lipinski definition) is 6. The molecular formula is C20H15N3O5. The zero-order chi connectivity index (χ0) is 20.1. The Morgan fingerprint density at radius 3 is 2.46 bits per heavy atom. The molecule has 0 unspecified atom stereocenters. The van der Waals surface area contributed by atoms with Gasteiger partial charge in [-0.15, -0.1) is 0 Å². The summed E-state index contributed by atoms with van der Waals surface area (Å²) >= 11 is 0. The van der Waals surface area contributed by atoms with Crippen LogP contribution in [0.3, 0.4) is 0 Å². The molecule has 1 heterocycles. The third-order valence-corrected chi connectivity index (χ3v) is 3.76. The van der Waals surface area contributed by atoms with E-state index in [1.807, 2.05) is 6.07 Å². The Kier molecular flexibility index (Phi) is 5.40. The number of carbonyl (C=O) groups excluding carboxylic acids is 2. The van der Waals surface area contributed by atoms with E-state index in [2.05, 4.69) is 10.3 Å². The van der Waals surface area contributed by atoms with Crippen LogP contribution in [0.25, 0.3) is 11.1 Å². The van der Waals surface area contributed by atoms with Crippen LogP contribution in [-0.4, -0.2) is 21.8 Å². The highest BCUT2D eigenvalue weighted by Crippen LogP contribution is 2.24. The molecule has 0 bridgehead atoms. The Hall–Kier alpha value is -4.07. The van der Waals surface area contributed by atoms with Gasteiger partial charge in [-0.25, -0.2) is 0 Å². The second kappa shape index (κ2) is 8.09. The minimum atomic E-state index is -0.629. The molecule has 0 atom stereocenters. The van der Waals surface area contributed by atoms with E-state index in [4.69, 9.17) is 4.74 Å². The maximum Gasteiger partial charge on any atom is 0.365 e. The molecule has 8 nitrogen and oxygen atoms in total. The topological polar surface area (TPSA) is 111 Å². The molecule has 0 radical (unpaired) electrons. The fourth-order valence-corrected chi connectivity index (χ4v) is 2.52. The van der Waals surface area contributed by atoms with Crippen LogP contribution in [0, 0.1) is 10.1 Å². The lowest BCUT2D eigenvalue weighted by molar-refractivity contribution is -0.389. The predicted molar refractivity (Wildman–Crippen MR) is 102 cm³/mol. The number of aromatic nitrogens is 1. The number of esters is 1. The smallest absolute Gasteiger partial charge is 0.365 e. The fourth-order valence-electron chi connectivity index (χ4n) is 2.52. The molecule has 1 amide bonds. The summed E-state index contributed by atoms with van der Waals surface area (Å²) in [6.07, 6.45) is 1.26. The number of ether oxygens (including phenoxy) is 1. The van der Waals surface area contributed by atoms with Crippen molar-refractivity contribution in [2.24, 2.45) is 0 Å². The Morgan fingerprint density at radius 1 is 1.04 bits per heavy atom. The van der Waals surface area contributed by atoms with Gasteiger partial charge < -0.3 is 20.2 Å². The van der Waals surface area contributed by atoms with Crippen LogP contribution in [-0.2, 0) is 4.79 Å². The number of benzene rings is 2. The van der Waals surface area contributed by atoms with Gasteiger partial charge in [-0.05, 0) is 45.3 Å². The van der Waals surface area contributed by atoms with Crippen molar-refractivity contribution in [3.05, 3.63) is 82.5 Å². The predicted octanol–water partition coefficient (Wildman–Crippen LogP) is 3.83. The molecule has 0 aliphatic carbocycles. The van der Waals surface area contributed by atoms with Crippen LogP contribution < -0.4 is 10.1 Å². The number of amides is 1. The van der Waals surface area contributed by atoms with E-state index in [1.54, 1.807) is 42.5 Å². The number of rotatable bonds is 5. The normalized spacial score (nSPS) is 10.2. The maximum absolute atomic E-state index is 12.5. The van der Waals surface area contributed by atoms with Crippen LogP contribution >= 0.6 is 0 Å². The van der Waals surface area contributed by atoms with Crippen molar-refractivity contribution in [3.63, 3.8) is 0 Å². The van der Waals surface area contributed by atoms with E-state index in [0.717, 1.165) is 11.1 Å². The maximum atomic E-state index is 12.5. The molecule has 0 aliphatic heterocycles. The summed E-state index contributed by atoms with van der Waals surface area (Å²) in [4.78, 5) is 37.3. The van der Waals surface area contributed by atoms with Gasteiger partial charge in [-0.2, -0.15) is 0 Å². The lowest BCUT2D eigenvalue weighted by atomic mass is 10.0. The largest absolute Gasteiger partial charge is 0.427 e. The molecule has 0 saturated carbocycles. The third kappa shape index (κ3) is 4.55. The molecule has 1 aromatic heterocycles. The highest BCUT2D eigenvalue weighted by Gasteiger charge is 2.12. The first-order chi connectivity index (χ1) is 13.4. The van der Waals surface area contributed by atoms with Crippen LogP contribution in [0.1, 0.15) is 17.3 Å². The number of carbonyl (C=O) groups is 2. The summed E-state index contributed by atoms with van der Waals surface area (Å²) in [6, 6.07) is 16.5. The van der Waals surface area contributed by atoms with Gasteiger partial charge in [0.1, 0.15) is 11.9 Å². The van der Waals surface area contributed by atoms with Gasteiger partial charge in [0.05, 0.1) is 11.8 Å². The number of pyridine rings is 1. The second-order valence-corrected chi connectivity index (χ2v) is 5.81. The zero-order valence-electron chi connectivity index (χ0n) is 14.8. The van der Waals surface area contributed by atoms with Crippen LogP contribution in [0.2, 0.25) is 0 Å². The summed E-state index contributed by atoms with van der Waals surface area (Å²) in [7, 11) is 0. The first-order valence-electron chi connectivity index (χ1n) is 8.23. The van der Waals surface area contributed by atoms with E-state index in [0.29, 0.717) is 11.3 Å².